The SMILES string of the molecule is C=CCNC(=O)[C@H](C)OC(=O)c1oc2ccccc2c1COC. The summed E-state index contributed by atoms with van der Waals surface area (Å²) in [6, 6.07) is 7.25. The minimum Gasteiger partial charge on any atom is -0.449 e. The number of carbonyl (C=O) groups is 2. The van der Waals surface area contributed by atoms with Crippen molar-refractivity contribution in [3.05, 3.63) is 48.2 Å². The van der Waals surface area contributed by atoms with Crippen molar-refractivity contribution in [2.45, 2.75) is 19.6 Å². The highest BCUT2D eigenvalue weighted by Gasteiger charge is 2.25. The van der Waals surface area contributed by atoms with Crippen molar-refractivity contribution < 1.29 is 23.5 Å². The highest BCUT2D eigenvalue weighted by atomic mass is 16.6. The van der Waals surface area contributed by atoms with Gasteiger partial charge in [0.1, 0.15) is 5.58 Å². The van der Waals surface area contributed by atoms with Crippen LogP contribution in [0.2, 0.25) is 0 Å². The summed E-state index contributed by atoms with van der Waals surface area (Å²) in [5.74, 6) is -1.05. The lowest BCUT2D eigenvalue weighted by Gasteiger charge is -2.12. The maximum Gasteiger partial charge on any atom is 0.375 e. The Kier molecular flexibility index (Phi) is 5.54. The average molecular weight is 317 g/mol. The summed E-state index contributed by atoms with van der Waals surface area (Å²) in [7, 11) is 1.53. The number of para-hydroxylation sites is 1. The van der Waals surface area contributed by atoms with Crippen molar-refractivity contribution in [1.82, 2.24) is 5.32 Å². The van der Waals surface area contributed by atoms with E-state index in [1.165, 1.54) is 14.0 Å². The van der Waals surface area contributed by atoms with Crippen LogP contribution in [0, 0.1) is 0 Å². The molecule has 1 aromatic carbocycles. The number of fused-ring (bicyclic) bond motifs is 1. The van der Waals surface area contributed by atoms with Gasteiger partial charge in [-0.2, -0.15) is 0 Å². The maximum atomic E-state index is 12.3. The molecule has 0 bridgehead atoms. The summed E-state index contributed by atoms with van der Waals surface area (Å²) >= 11 is 0. The van der Waals surface area contributed by atoms with E-state index in [1.807, 2.05) is 18.2 Å². The van der Waals surface area contributed by atoms with Gasteiger partial charge in [0.2, 0.25) is 5.76 Å². The van der Waals surface area contributed by atoms with Gasteiger partial charge in [0.25, 0.3) is 5.91 Å². The molecule has 0 fully saturated rings. The number of hydrogen-bond donors (Lipinski definition) is 1. The van der Waals surface area contributed by atoms with Crippen molar-refractivity contribution in [1.29, 1.82) is 0 Å². The number of benzene rings is 1. The van der Waals surface area contributed by atoms with E-state index in [-0.39, 0.29) is 12.4 Å². The monoisotopic (exact) mass is 317 g/mol. The molecule has 1 aromatic heterocycles. The average Bonchev–Trinajstić information content (AvgIpc) is 2.92. The van der Waals surface area contributed by atoms with Crippen molar-refractivity contribution in [2.24, 2.45) is 0 Å². The second kappa shape index (κ2) is 7.60. The van der Waals surface area contributed by atoms with Crippen LogP contribution in [0.1, 0.15) is 23.0 Å². The van der Waals surface area contributed by atoms with E-state index in [9.17, 15) is 9.59 Å². The van der Waals surface area contributed by atoms with E-state index in [2.05, 4.69) is 11.9 Å². The van der Waals surface area contributed by atoms with Crippen LogP contribution < -0.4 is 5.32 Å². The fraction of sp³-hybridized carbons (Fsp3) is 0.294. The van der Waals surface area contributed by atoms with E-state index in [4.69, 9.17) is 13.9 Å². The van der Waals surface area contributed by atoms with Gasteiger partial charge in [0.15, 0.2) is 6.10 Å². The first kappa shape index (κ1) is 16.8. The molecular weight excluding hydrogens is 298 g/mol. The first-order valence-corrected chi connectivity index (χ1v) is 7.17. The molecule has 1 atom stereocenters. The van der Waals surface area contributed by atoms with Crippen LogP contribution in [0.4, 0.5) is 0 Å². The Morgan fingerprint density at radius 1 is 1.39 bits per heavy atom. The van der Waals surface area contributed by atoms with Crippen molar-refractivity contribution in [2.75, 3.05) is 13.7 Å². The number of nitrogens with one attached hydrogen (secondary N) is 1. The van der Waals surface area contributed by atoms with Gasteiger partial charge in [0, 0.05) is 24.6 Å². The van der Waals surface area contributed by atoms with E-state index in [0.29, 0.717) is 17.7 Å². The lowest BCUT2D eigenvalue weighted by Crippen LogP contribution is -2.35. The number of rotatable bonds is 7. The third kappa shape index (κ3) is 3.78. The first-order chi connectivity index (χ1) is 11.1. The molecule has 0 aliphatic carbocycles. The summed E-state index contributed by atoms with van der Waals surface area (Å²) in [5.41, 5.74) is 1.17. The molecule has 0 saturated heterocycles. The number of methoxy groups -OCH3 is 1. The number of amides is 1. The highest BCUT2D eigenvalue weighted by Crippen LogP contribution is 2.27. The Bertz CT molecular complexity index is 719. The molecule has 0 aliphatic rings. The molecule has 6 nitrogen and oxygen atoms in total. The van der Waals surface area contributed by atoms with Crippen molar-refractivity contribution in [3.8, 4) is 0 Å². The van der Waals surface area contributed by atoms with Crippen LogP contribution in [-0.4, -0.2) is 31.6 Å². The van der Waals surface area contributed by atoms with E-state index >= 15 is 0 Å². The summed E-state index contributed by atoms with van der Waals surface area (Å²) in [4.78, 5) is 24.1. The third-order valence-corrected chi connectivity index (χ3v) is 3.25. The fourth-order valence-electron chi connectivity index (χ4n) is 2.14. The molecular formula is C17H19NO5. The van der Waals surface area contributed by atoms with Crippen LogP contribution in [0.5, 0.6) is 0 Å². The van der Waals surface area contributed by atoms with Gasteiger partial charge in [-0.1, -0.05) is 24.3 Å². The van der Waals surface area contributed by atoms with Gasteiger partial charge in [-0.05, 0) is 13.0 Å². The zero-order valence-corrected chi connectivity index (χ0v) is 13.1. The fourth-order valence-corrected chi connectivity index (χ4v) is 2.14. The number of esters is 1. The smallest absolute Gasteiger partial charge is 0.375 e. The van der Waals surface area contributed by atoms with Gasteiger partial charge in [-0.15, -0.1) is 6.58 Å². The number of furan rings is 1. The van der Waals surface area contributed by atoms with Crippen LogP contribution in [0.3, 0.4) is 0 Å². The van der Waals surface area contributed by atoms with Gasteiger partial charge in [-0.25, -0.2) is 4.79 Å². The Balaban J connectivity index is 2.21. The van der Waals surface area contributed by atoms with Crippen LogP contribution in [0.25, 0.3) is 11.0 Å². The largest absolute Gasteiger partial charge is 0.449 e. The first-order valence-electron chi connectivity index (χ1n) is 7.17. The number of carbonyl (C=O) groups excluding carboxylic acids is 2. The Labute approximate surface area is 134 Å². The minimum absolute atomic E-state index is 0.0522. The Morgan fingerprint density at radius 2 is 2.13 bits per heavy atom. The van der Waals surface area contributed by atoms with Crippen LogP contribution in [-0.2, 0) is 20.9 Å². The topological polar surface area (TPSA) is 77.8 Å². The molecule has 1 amide bonds. The standard InChI is InChI=1S/C17H19NO5/c1-4-9-18-16(19)11(2)22-17(20)15-13(10-21-3)12-7-5-6-8-14(12)23-15/h4-8,11H,1,9-10H2,2-3H3,(H,18,19)/t11-/m0/s1. The van der Waals surface area contributed by atoms with E-state index in [1.54, 1.807) is 12.1 Å². The van der Waals surface area contributed by atoms with Crippen molar-refractivity contribution in [3.63, 3.8) is 0 Å². The summed E-state index contributed by atoms with van der Waals surface area (Å²) in [6.45, 7) is 5.51. The molecule has 122 valence electrons. The van der Waals surface area contributed by atoms with Gasteiger partial charge < -0.3 is 19.2 Å². The zero-order valence-electron chi connectivity index (χ0n) is 13.1. The highest BCUT2D eigenvalue weighted by molar-refractivity contribution is 5.97. The molecule has 0 unspecified atom stereocenters. The second-order valence-electron chi connectivity index (χ2n) is 4.92. The molecule has 2 aromatic rings. The molecule has 6 heteroatoms. The van der Waals surface area contributed by atoms with E-state index < -0.39 is 18.0 Å². The number of hydrogen-bond acceptors (Lipinski definition) is 5. The Hall–Kier alpha value is -2.60. The predicted octanol–water partition coefficient (Wildman–Crippen LogP) is 2.43. The maximum absolute atomic E-state index is 12.3. The molecule has 0 aliphatic heterocycles. The minimum atomic E-state index is -0.939. The normalized spacial score (nSPS) is 11.9. The third-order valence-electron chi connectivity index (χ3n) is 3.25. The molecule has 0 radical (unpaired) electrons. The summed E-state index contributed by atoms with van der Waals surface area (Å²) in [5, 5.41) is 3.35. The molecule has 1 N–H and O–H groups in total. The van der Waals surface area contributed by atoms with Crippen LogP contribution in [0.15, 0.2) is 41.3 Å². The van der Waals surface area contributed by atoms with Gasteiger partial charge in [0.05, 0.1) is 6.61 Å². The molecule has 23 heavy (non-hydrogen) atoms. The second-order valence-corrected chi connectivity index (χ2v) is 4.92. The van der Waals surface area contributed by atoms with Gasteiger partial charge >= 0.3 is 5.97 Å². The summed E-state index contributed by atoms with van der Waals surface area (Å²) < 4.78 is 15.9. The summed E-state index contributed by atoms with van der Waals surface area (Å²) in [6.07, 6.45) is 0.605. The van der Waals surface area contributed by atoms with Crippen molar-refractivity contribution >= 4 is 22.8 Å². The van der Waals surface area contributed by atoms with Gasteiger partial charge in [-0.3, -0.25) is 4.79 Å². The predicted molar refractivity (Wildman–Crippen MR) is 85.0 cm³/mol. The molecule has 1 heterocycles. The number of ether oxygens (including phenoxy) is 2. The van der Waals surface area contributed by atoms with Crippen LogP contribution >= 0.6 is 0 Å². The quantitative estimate of drug-likeness (QED) is 0.627. The lowest BCUT2D eigenvalue weighted by atomic mass is 10.1. The zero-order chi connectivity index (χ0) is 16.8. The van der Waals surface area contributed by atoms with E-state index in [0.717, 1.165) is 5.39 Å². The Morgan fingerprint density at radius 3 is 2.83 bits per heavy atom. The lowest BCUT2D eigenvalue weighted by molar-refractivity contribution is -0.128. The molecule has 2 rings (SSSR count). The molecule has 0 saturated carbocycles. The molecule has 0 spiro atoms.